The highest BCUT2D eigenvalue weighted by Crippen LogP contribution is 2.17. The van der Waals surface area contributed by atoms with Crippen LogP contribution in [0.3, 0.4) is 0 Å². The maximum Gasteiger partial charge on any atom is 0.306 e. The predicted octanol–water partition coefficient (Wildman–Crippen LogP) is 22.1. The largest absolute Gasteiger partial charge is 0.462 e. The third-order valence-electron chi connectivity index (χ3n) is 14.2. The number of esters is 3. The number of carbonyl (C=O) groups excluding carboxylic acids is 3. The number of allylic oxidation sites excluding steroid dienone is 12. The van der Waals surface area contributed by atoms with Crippen LogP contribution in [0.4, 0.5) is 0 Å². The minimum Gasteiger partial charge on any atom is -0.462 e. The van der Waals surface area contributed by atoms with Crippen LogP contribution in [-0.4, -0.2) is 37.2 Å². The molecule has 0 fully saturated rings. The summed E-state index contributed by atoms with van der Waals surface area (Å²) in [6.45, 7) is 6.54. The Morgan fingerprint density at radius 3 is 0.840 bits per heavy atom. The van der Waals surface area contributed by atoms with Gasteiger partial charge in [0.2, 0.25) is 0 Å². The number of ether oxygens (including phenoxy) is 3. The summed E-state index contributed by atoms with van der Waals surface area (Å²) >= 11 is 0. The molecule has 0 aromatic carbocycles. The predicted molar refractivity (Wildman–Crippen MR) is 325 cm³/mol. The van der Waals surface area contributed by atoms with Crippen LogP contribution in [0.5, 0.6) is 0 Å². The molecule has 0 heterocycles. The Hall–Kier alpha value is -3.15. The standard InChI is InChI=1S/C69H122O6/c1-4-7-10-13-16-19-22-25-28-31-32-33-34-35-36-39-41-44-47-50-53-56-59-62-68(71)74-65-66(75-69(72)63-60-57-54-51-48-45-42-38-30-27-24-21-18-15-12-9-6-3)64-73-67(70)61-58-55-52-49-46-43-40-37-29-26-23-20-17-14-11-8-5-2/h7,10,16,18-19,21,25,27-28,30,32-33,66H,4-6,8-9,11-15,17,20,22-24,26,29,31,34-65H2,1-3H3/b10-7-,19-16-,21-18-,28-25-,30-27-,33-32-. The normalized spacial score (nSPS) is 12.5. The smallest absolute Gasteiger partial charge is 0.306 e. The van der Waals surface area contributed by atoms with E-state index >= 15 is 0 Å². The van der Waals surface area contributed by atoms with Crippen LogP contribution in [-0.2, 0) is 28.6 Å². The molecule has 0 aromatic rings. The van der Waals surface area contributed by atoms with Gasteiger partial charge in [0.1, 0.15) is 13.2 Å². The fourth-order valence-electron chi connectivity index (χ4n) is 9.35. The van der Waals surface area contributed by atoms with E-state index in [1.807, 2.05) is 0 Å². The van der Waals surface area contributed by atoms with Gasteiger partial charge in [0.25, 0.3) is 0 Å². The van der Waals surface area contributed by atoms with Crippen molar-refractivity contribution < 1.29 is 28.6 Å². The van der Waals surface area contributed by atoms with Crippen LogP contribution < -0.4 is 0 Å². The van der Waals surface area contributed by atoms with Gasteiger partial charge in [-0.1, -0.05) is 293 Å². The van der Waals surface area contributed by atoms with Crippen LogP contribution >= 0.6 is 0 Å². The molecule has 0 aromatic heterocycles. The van der Waals surface area contributed by atoms with E-state index in [2.05, 4.69) is 93.7 Å². The molecule has 0 aliphatic carbocycles. The lowest BCUT2D eigenvalue weighted by atomic mass is 10.0. The zero-order chi connectivity index (χ0) is 54.3. The zero-order valence-corrected chi connectivity index (χ0v) is 49.8. The maximum atomic E-state index is 12.9. The van der Waals surface area contributed by atoms with Crippen LogP contribution in [0.2, 0.25) is 0 Å². The second-order valence-corrected chi connectivity index (χ2v) is 21.6. The highest BCUT2D eigenvalue weighted by molar-refractivity contribution is 5.71. The highest BCUT2D eigenvalue weighted by atomic mass is 16.6. The van der Waals surface area contributed by atoms with Crippen molar-refractivity contribution in [3.8, 4) is 0 Å². The summed E-state index contributed by atoms with van der Waals surface area (Å²) in [6.07, 6.45) is 81.9. The highest BCUT2D eigenvalue weighted by Gasteiger charge is 2.19. The van der Waals surface area contributed by atoms with Crippen molar-refractivity contribution in [1.29, 1.82) is 0 Å². The molecule has 0 bridgehead atoms. The zero-order valence-electron chi connectivity index (χ0n) is 49.8. The summed E-state index contributed by atoms with van der Waals surface area (Å²) in [5.41, 5.74) is 0. The Labute approximate surface area is 465 Å². The van der Waals surface area contributed by atoms with Gasteiger partial charge in [-0.05, 0) is 89.9 Å². The lowest BCUT2D eigenvalue weighted by Gasteiger charge is -2.18. The molecule has 1 unspecified atom stereocenters. The molecule has 0 spiro atoms. The van der Waals surface area contributed by atoms with Gasteiger partial charge in [0, 0.05) is 19.3 Å². The molecule has 0 aliphatic heterocycles. The van der Waals surface area contributed by atoms with E-state index in [1.54, 1.807) is 0 Å². The number of rotatable bonds is 59. The van der Waals surface area contributed by atoms with E-state index in [1.165, 1.54) is 193 Å². The van der Waals surface area contributed by atoms with E-state index in [9.17, 15) is 14.4 Å². The Kier molecular flexibility index (Phi) is 60.7. The molecule has 0 rings (SSSR count). The molecule has 0 radical (unpaired) electrons. The third kappa shape index (κ3) is 61.6. The molecule has 0 saturated carbocycles. The van der Waals surface area contributed by atoms with Crippen LogP contribution in [0.1, 0.15) is 329 Å². The van der Waals surface area contributed by atoms with Crippen molar-refractivity contribution in [2.24, 2.45) is 0 Å². The number of carbonyl (C=O) groups is 3. The van der Waals surface area contributed by atoms with Crippen LogP contribution in [0.15, 0.2) is 72.9 Å². The molecular formula is C69H122O6. The van der Waals surface area contributed by atoms with Crippen molar-refractivity contribution in [2.45, 2.75) is 335 Å². The second kappa shape index (κ2) is 63.4. The Bertz CT molecular complexity index is 1390. The van der Waals surface area contributed by atoms with E-state index in [0.717, 1.165) is 96.3 Å². The van der Waals surface area contributed by atoms with Crippen molar-refractivity contribution in [3.63, 3.8) is 0 Å². The summed E-state index contributed by atoms with van der Waals surface area (Å²) in [4.78, 5) is 38.4. The summed E-state index contributed by atoms with van der Waals surface area (Å²) in [7, 11) is 0. The van der Waals surface area contributed by atoms with Crippen molar-refractivity contribution >= 4 is 17.9 Å². The molecule has 0 aliphatic rings. The molecule has 0 N–H and O–H groups in total. The van der Waals surface area contributed by atoms with Crippen molar-refractivity contribution in [3.05, 3.63) is 72.9 Å². The van der Waals surface area contributed by atoms with E-state index < -0.39 is 6.10 Å². The lowest BCUT2D eigenvalue weighted by Crippen LogP contribution is -2.30. The first-order valence-corrected chi connectivity index (χ1v) is 32.4. The van der Waals surface area contributed by atoms with Gasteiger partial charge in [-0.25, -0.2) is 0 Å². The average molecular weight is 1050 g/mol. The Balaban J connectivity index is 4.35. The molecule has 1 atom stereocenters. The second-order valence-electron chi connectivity index (χ2n) is 21.6. The molecule has 434 valence electrons. The fourth-order valence-corrected chi connectivity index (χ4v) is 9.35. The summed E-state index contributed by atoms with van der Waals surface area (Å²) < 4.78 is 17.0. The first kappa shape index (κ1) is 71.8. The van der Waals surface area contributed by atoms with E-state index in [-0.39, 0.29) is 31.1 Å². The van der Waals surface area contributed by atoms with Gasteiger partial charge in [-0.3, -0.25) is 14.4 Å². The first-order chi connectivity index (χ1) is 37.0. The fraction of sp³-hybridized carbons (Fsp3) is 0.783. The van der Waals surface area contributed by atoms with Crippen molar-refractivity contribution in [2.75, 3.05) is 13.2 Å². The monoisotopic (exact) mass is 1050 g/mol. The van der Waals surface area contributed by atoms with Crippen molar-refractivity contribution in [1.82, 2.24) is 0 Å². The minimum absolute atomic E-state index is 0.0764. The molecule has 6 nitrogen and oxygen atoms in total. The Morgan fingerprint density at radius 1 is 0.280 bits per heavy atom. The summed E-state index contributed by atoms with van der Waals surface area (Å²) in [5.74, 6) is -0.871. The van der Waals surface area contributed by atoms with Gasteiger partial charge in [0.15, 0.2) is 6.10 Å². The Morgan fingerprint density at radius 2 is 0.520 bits per heavy atom. The number of hydrogen-bond donors (Lipinski definition) is 0. The molecular weight excluding hydrogens is 925 g/mol. The number of unbranched alkanes of at least 4 members (excludes halogenated alkanes) is 36. The first-order valence-electron chi connectivity index (χ1n) is 32.4. The summed E-state index contributed by atoms with van der Waals surface area (Å²) in [5, 5.41) is 0. The molecule has 0 amide bonds. The average Bonchev–Trinajstić information content (AvgIpc) is 3.41. The summed E-state index contributed by atoms with van der Waals surface area (Å²) in [6, 6.07) is 0. The van der Waals surface area contributed by atoms with Gasteiger partial charge >= 0.3 is 17.9 Å². The van der Waals surface area contributed by atoms with Crippen LogP contribution in [0.25, 0.3) is 0 Å². The lowest BCUT2D eigenvalue weighted by molar-refractivity contribution is -0.167. The third-order valence-corrected chi connectivity index (χ3v) is 14.2. The quantitative estimate of drug-likeness (QED) is 0.0261. The van der Waals surface area contributed by atoms with Gasteiger partial charge in [0.05, 0.1) is 0 Å². The van der Waals surface area contributed by atoms with Gasteiger partial charge in [-0.2, -0.15) is 0 Å². The molecule has 0 saturated heterocycles. The minimum atomic E-state index is -0.781. The maximum absolute atomic E-state index is 12.9. The van der Waals surface area contributed by atoms with E-state index in [4.69, 9.17) is 14.2 Å². The van der Waals surface area contributed by atoms with E-state index in [0.29, 0.717) is 19.3 Å². The van der Waals surface area contributed by atoms with Gasteiger partial charge < -0.3 is 14.2 Å². The SMILES string of the molecule is CC/C=C\C/C=C\C/C=C\C/C=C\CCCCCCCCCCCCC(=O)OCC(COC(=O)CCCCCCCCCCCCCCCCCCC)OC(=O)CCCCCCCCC/C=C\C/C=C\CCCCC. The van der Waals surface area contributed by atoms with Crippen LogP contribution in [0, 0.1) is 0 Å². The topological polar surface area (TPSA) is 78.9 Å². The molecule has 75 heavy (non-hydrogen) atoms. The molecule has 6 heteroatoms. The number of hydrogen-bond acceptors (Lipinski definition) is 6. The van der Waals surface area contributed by atoms with Gasteiger partial charge in [-0.15, -0.1) is 0 Å².